The molecular weight excluding hydrogens is 120 g/mol. The van der Waals surface area contributed by atoms with Gasteiger partial charge in [-0.05, 0) is 25.6 Å². The van der Waals surface area contributed by atoms with Gasteiger partial charge in [0.25, 0.3) is 0 Å². The van der Waals surface area contributed by atoms with Gasteiger partial charge in [0, 0.05) is 12.6 Å². The van der Waals surface area contributed by atoms with Crippen molar-refractivity contribution in [2.24, 2.45) is 0 Å². The quantitative estimate of drug-likeness (QED) is 0.452. The molecule has 0 unspecified atom stereocenters. The lowest BCUT2D eigenvalue weighted by Gasteiger charge is -2.22. The molecule has 1 heterocycles. The van der Waals surface area contributed by atoms with Crippen LogP contribution in [0.3, 0.4) is 0 Å². The van der Waals surface area contributed by atoms with Crippen molar-refractivity contribution in [1.82, 2.24) is 10.6 Å². The highest BCUT2D eigenvalue weighted by Crippen LogP contribution is 1.92. The lowest BCUT2D eigenvalue weighted by atomic mass is 10.2. The first-order chi connectivity index (χ1) is 3.79. The fraction of sp³-hybridized carbons (Fsp3) is 0.600. The Hall–Kier alpha value is -0.310. The van der Waals surface area contributed by atoms with E-state index in [1.54, 1.807) is 0 Å². The molecule has 1 saturated heterocycles. The van der Waals surface area contributed by atoms with Crippen LogP contribution in [0.2, 0.25) is 0 Å². The van der Waals surface area contributed by atoms with Crippen molar-refractivity contribution in [3.8, 4) is 0 Å². The van der Waals surface area contributed by atoms with Crippen molar-refractivity contribution in [3.63, 3.8) is 0 Å². The first-order valence-corrected chi connectivity index (χ1v) is 3.07. The van der Waals surface area contributed by atoms with Gasteiger partial charge in [0.05, 0.1) is 0 Å². The molecule has 0 aromatic rings. The monoisotopic (exact) mass is 129 g/mol. The predicted molar refractivity (Wildman–Crippen MR) is 37.5 cm³/mol. The van der Waals surface area contributed by atoms with E-state index in [-0.39, 0.29) is 0 Å². The maximum absolute atomic E-state index is 4.82. The topological polar surface area (TPSA) is 24.1 Å². The highest BCUT2D eigenvalue weighted by atomic mass is 32.1. The van der Waals surface area contributed by atoms with Crippen LogP contribution in [0.1, 0.15) is 6.42 Å². The van der Waals surface area contributed by atoms with Crippen LogP contribution in [-0.4, -0.2) is 17.7 Å². The van der Waals surface area contributed by atoms with Crippen molar-refractivity contribution in [2.45, 2.75) is 12.5 Å². The molecule has 0 bridgehead atoms. The third-order valence-corrected chi connectivity index (χ3v) is 1.38. The number of thiocarbonyl (C=S) groups is 1. The summed E-state index contributed by atoms with van der Waals surface area (Å²) < 4.78 is 0. The molecular formula is C5H9N2S. The Morgan fingerprint density at radius 2 is 2.50 bits per heavy atom. The Morgan fingerprint density at radius 3 is 2.88 bits per heavy atom. The predicted octanol–water partition coefficient (Wildman–Crippen LogP) is 0.0569. The summed E-state index contributed by atoms with van der Waals surface area (Å²) in [5.41, 5.74) is 0. The van der Waals surface area contributed by atoms with Gasteiger partial charge in [-0.1, -0.05) is 0 Å². The molecule has 0 aromatic heterocycles. The van der Waals surface area contributed by atoms with Crippen LogP contribution in [0.25, 0.3) is 0 Å². The molecule has 1 atom stereocenters. The molecule has 2 nitrogen and oxygen atoms in total. The van der Waals surface area contributed by atoms with Gasteiger partial charge in [0.15, 0.2) is 5.11 Å². The summed E-state index contributed by atoms with van der Waals surface area (Å²) in [7, 11) is 0. The molecule has 0 amide bonds. The van der Waals surface area contributed by atoms with Crippen LogP contribution >= 0.6 is 12.2 Å². The second-order valence-corrected chi connectivity index (χ2v) is 2.29. The van der Waals surface area contributed by atoms with Crippen LogP contribution in [0.15, 0.2) is 0 Å². The fourth-order valence-corrected chi connectivity index (χ4v) is 0.937. The van der Waals surface area contributed by atoms with E-state index >= 15 is 0 Å². The van der Waals surface area contributed by atoms with Crippen LogP contribution in [0.5, 0.6) is 0 Å². The van der Waals surface area contributed by atoms with Crippen molar-refractivity contribution in [2.75, 3.05) is 6.54 Å². The van der Waals surface area contributed by atoms with E-state index in [1.165, 1.54) is 0 Å². The molecule has 0 aromatic carbocycles. The van der Waals surface area contributed by atoms with E-state index in [4.69, 9.17) is 12.2 Å². The Balaban J connectivity index is 2.34. The normalized spacial score (nSPS) is 28.6. The maximum atomic E-state index is 4.82. The van der Waals surface area contributed by atoms with Gasteiger partial charge in [-0.2, -0.15) is 0 Å². The number of hydrogen-bond donors (Lipinski definition) is 2. The second kappa shape index (κ2) is 2.31. The maximum Gasteiger partial charge on any atom is 0.166 e. The Morgan fingerprint density at radius 1 is 1.75 bits per heavy atom. The summed E-state index contributed by atoms with van der Waals surface area (Å²) in [5, 5.41) is 6.71. The van der Waals surface area contributed by atoms with Crippen molar-refractivity contribution in [3.05, 3.63) is 6.92 Å². The number of hydrogen-bond acceptors (Lipinski definition) is 1. The van der Waals surface area contributed by atoms with Gasteiger partial charge in [0.1, 0.15) is 0 Å². The smallest absolute Gasteiger partial charge is 0.166 e. The largest absolute Gasteiger partial charge is 0.363 e. The van der Waals surface area contributed by atoms with Crippen LogP contribution in [0.4, 0.5) is 0 Å². The molecule has 8 heavy (non-hydrogen) atoms. The zero-order chi connectivity index (χ0) is 5.98. The molecule has 0 saturated carbocycles. The van der Waals surface area contributed by atoms with Crippen molar-refractivity contribution in [1.29, 1.82) is 0 Å². The van der Waals surface area contributed by atoms with E-state index in [9.17, 15) is 0 Å². The lowest BCUT2D eigenvalue weighted by Crippen LogP contribution is -2.47. The van der Waals surface area contributed by atoms with Crippen molar-refractivity contribution < 1.29 is 0 Å². The van der Waals surface area contributed by atoms with Gasteiger partial charge >= 0.3 is 0 Å². The molecule has 45 valence electrons. The Labute approximate surface area is 54.7 Å². The van der Waals surface area contributed by atoms with E-state index < -0.39 is 0 Å². The number of nitrogens with one attached hydrogen (secondary N) is 2. The molecule has 2 N–H and O–H groups in total. The van der Waals surface area contributed by atoms with Crippen molar-refractivity contribution >= 4 is 17.3 Å². The molecule has 0 aliphatic carbocycles. The third kappa shape index (κ3) is 1.33. The highest BCUT2D eigenvalue weighted by Gasteiger charge is 2.08. The first-order valence-electron chi connectivity index (χ1n) is 2.66. The highest BCUT2D eigenvalue weighted by molar-refractivity contribution is 7.80. The average molecular weight is 129 g/mol. The molecule has 1 fully saturated rings. The van der Waals surface area contributed by atoms with E-state index in [2.05, 4.69) is 17.6 Å². The third-order valence-electron chi connectivity index (χ3n) is 1.11. The van der Waals surface area contributed by atoms with Gasteiger partial charge in [-0.3, -0.25) is 0 Å². The van der Waals surface area contributed by atoms with Crippen LogP contribution < -0.4 is 10.6 Å². The van der Waals surface area contributed by atoms with Crippen LogP contribution in [-0.2, 0) is 0 Å². The van der Waals surface area contributed by atoms with E-state index in [0.29, 0.717) is 6.04 Å². The second-order valence-electron chi connectivity index (χ2n) is 1.89. The molecule has 1 rings (SSSR count). The molecule has 3 heteroatoms. The average Bonchev–Trinajstić information content (AvgIpc) is 1.64. The van der Waals surface area contributed by atoms with Gasteiger partial charge in [-0.25, -0.2) is 0 Å². The summed E-state index contributed by atoms with van der Waals surface area (Å²) in [6.07, 6.45) is 1.06. The standard InChI is InChI=1S/C5H9N2S/c1-4-2-3-6-5(8)7-4/h4H,1-3H2,(H2,6,7,8)/t4-/m0/s1. The minimum atomic E-state index is 0.309. The minimum absolute atomic E-state index is 0.309. The zero-order valence-electron chi connectivity index (χ0n) is 4.61. The van der Waals surface area contributed by atoms with Crippen LogP contribution in [0, 0.1) is 6.92 Å². The summed E-state index contributed by atoms with van der Waals surface area (Å²) in [5.74, 6) is 0. The van der Waals surface area contributed by atoms with E-state index in [1.807, 2.05) is 0 Å². The Bertz CT molecular complexity index is 103. The summed E-state index contributed by atoms with van der Waals surface area (Å²) in [6.45, 7) is 4.77. The van der Waals surface area contributed by atoms with E-state index in [0.717, 1.165) is 18.1 Å². The molecule has 0 spiro atoms. The van der Waals surface area contributed by atoms with Gasteiger partial charge < -0.3 is 10.6 Å². The summed E-state index contributed by atoms with van der Waals surface area (Å²) >= 11 is 4.82. The molecule has 1 radical (unpaired) electrons. The Kier molecular flexibility index (Phi) is 1.68. The molecule has 1 aliphatic heterocycles. The first kappa shape index (κ1) is 5.82. The van der Waals surface area contributed by atoms with Gasteiger partial charge in [-0.15, -0.1) is 0 Å². The SMILES string of the molecule is [CH2][C@H]1CCNC(=S)N1. The summed E-state index contributed by atoms with van der Waals surface area (Å²) in [6, 6.07) is 0.309. The zero-order valence-corrected chi connectivity index (χ0v) is 5.42. The minimum Gasteiger partial charge on any atom is -0.363 e. The van der Waals surface area contributed by atoms with Gasteiger partial charge in [0.2, 0.25) is 0 Å². The fourth-order valence-electron chi connectivity index (χ4n) is 0.669. The lowest BCUT2D eigenvalue weighted by molar-refractivity contribution is 0.590. The summed E-state index contributed by atoms with van der Waals surface area (Å²) in [4.78, 5) is 0. The molecule has 1 aliphatic rings. The number of rotatable bonds is 0.